The van der Waals surface area contributed by atoms with E-state index in [4.69, 9.17) is 4.74 Å². The van der Waals surface area contributed by atoms with E-state index in [2.05, 4.69) is 25.2 Å². The van der Waals surface area contributed by atoms with Gasteiger partial charge in [-0.2, -0.15) is 0 Å². The van der Waals surface area contributed by atoms with Gasteiger partial charge in [0.2, 0.25) is 0 Å². The molecule has 2 atom stereocenters. The van der Waals surface area contributed by atoms with Crippen LogP contribution in [-0.2, 0) is 11.2 Å². The highest BCUT2D eigenvalue weighted by Crippen LogP contribution is 2.36. The number of phenolic OH excluding ortho intramolecular Hbond substituents is 1. The Hall–Kier alpha value is -1.06. The molecule has 0 aliphatic heterocycles. The van der Waals surface area contributed by atoms with Gasteiger partial charge in [-0.15, -0.1) is 0 Å². The Morgan fingerprint density at radius 1 is 1.42 bits per heavy atom. The van der Waals surface area contributed by atoms with Gasteiger partial charge in [-0.3, -0.25) is 0 Å². The molecule has 1 aromatic carbocycles. The molecule has 19 heavy (non-hydrogen) atoms. The van der Waals surface area contributed by atoms with Crippen LogP contribution in [0.2, 0.25) is 0 Å². The third kappa shape index (κ3) is 3.28. The minimum Gasteiger partial charge on any atom is -0.508 e. The van der Waals surface area contributed by atoms with Crippen LogP contribution in [-0.4, -0.2) is 24.4 Å². The zero-order chi connectivity index (χ0) is 13.8. The fourth-order valence-corrected chi connectivity index (χ4v) is 2.74. The monoisotopic (exact) mass is 263 g/mol. The van der Waals surface area contributed by atoms with Crippen LogP contribution < -0.4 is 5.32 Å². The first kappa shape index (κ1) is 14.4. The van der Waals surface area contributed by atoms with Gasteiger partial charge >= 0.3 is 0 Å². The smallest absolute Gasteiger partial charge is 0.119 e. The number of aromatic hydroxyl groups is 1. The molecule has 0 saturated carbocycles. The summed E-state index contributed by atoms with van der Waals surface area (Å²) in [5.41, 5.74) is 2.36. The summed E-state index contributed by atoms with van der Waals surface area (Å²) in [5.74, 6) is 0.973. The van der Waals surface area contributed by atoms with Crippen molar-refractivity contribution in [3.05, 3.63) is 29.3 Å². The van der Waals surface area contributed by atoms with Crippen molar-refractivity contribution in [3.8, 4) is 5.75 Å². The van der Waals surface area contributed by atoms with Crippen LogP contribution in [0.25, 0.3) is 0 Å². The Kier molecular flexibility index (Phi) is 4.83. The maximum absolute atomic E-state index is 9.88. The Morgan fingerprint density at radius 3 is 2.89 bits per heavy atom. The van der Waals surface area contributed by atoms with E-state index in [1.807, 2.05) is 13.0 Å². The summed E-state index contributed by atoms with van der Waals surface area (Å²) in [4.78, 5) is 0. The van der Waals surface area contributed by atoms with Crippen molar-refractivity contribution < 1.29 is 9.84 Å². The average Bonchev–Trinajstić information content (AvgIpc) is 2.79. The highest BCUT2D eigenvalue weighted by molar-refractivity contribution is 5.44. The molecule has 0 amide bonds. The van der Waals surface area contributed by atoms with Crippen LogP contribution in [0, 0.1) is 5.92 Å². The molecule has 0 spiro atoms. The van der Waals surface area contributed by atoms with E-state index in [0.29, 0.717) is 23.8 Å². The average molecular weight is 263 g/mol. The summed E-state index contributed by atoms with van der Waals surface area (Å²) < 4.78 is 5.57. The molecule has 0 bridgehead atoms. The zero-order valence-corrected chi connectivity index (χ0v) is 12.1. The SMILES string of the molecule is CCOCC(NC1CCc2c(O)cccc21)C(C)C. The first-order chi connectivity index (χ1) is 9.13. The lowest BCUT2D eigenvalue weighted by Crippen LogP contribution is -2.39. The number of rotatable bonds is 6. The molecule has 1 aliphatic rings. The van der Waals surface area contributed by atoms with Gasteiger partial charge in [0.15, 0.2) is 0 Å². The lowest BCUT2D eigenvalue weighted by Gasteiger charge is -2.26. The number of hydrogen-bond acceptors (Lipinski definition) is 3. The predicted octanol–water partition coefficient (Wildman–Crippen LogP) is 3.03. The molecule has 3 nitrogen and oxygen atoms in total. The van der Waals surface area contributed by atoms with Crippen LogP contribution in [0.3, 0.4) is 0 Å². The van der Waals surface area contributed by atoms with Crippen molar-refractivity contribution in [2.45, 2.75) is 45.7 Å². The predicted molar refractivity (Wildman–Crippen MR) is 77.4 cm³/mol. The Balaban J connectivity index is 2.06. The molecule has 3 heteroatoms. The Labute approximate surface area is 116 Å². The van der Waals surface area contributed by atoms with Crippen molar-refractivity contribution in [2.75, 3.05) is 13.2 Å². The minimum atomic E-state index is 0.343. The van der Waals surface area contributed by atoms with Crippen LogP contribution >= 0.6 is 0 Å². The molecule has 0 radical (unpaired) electrons. The summed E-state index contributed by atoms with van der Waals surface area (Å²) >= 11 is 0. The van der Waals surface area contributed by atoms with E-state index in [1.165, 1.54) is 5.56 Å². The summed E-state index contributed by atoms with van der Waals surface area (Å²) in [6.07, 6.45) is 2.02. The van der Waals surface area contributed by atoms with Crippen LogP contribution in [0.5, 0.6) is 5.75 Å². The van der Waals surface area contributed by atoms with Gasteiger partial charge < -0.3 is 15.2 Å². The topological polar surface area (TPSA) is 41.5 Å². The van der Waals surface area contributed by atoms with Gasteiger partial charge in [0.25, 0.3) is 0 Å². The molecule has 0 heterocycles. The molecule has 0 aromatic heterocycles. The molecule has 1 aromatic rings. The fourth-order valence-electron chi connectivity index (χ4n) is 2.74. The molecule has 0 fully saturated rings. The van der Waals surface area contributed by atoms with Gasteiger partial charge in [-0.25, -0.2) is 0 Å². The second-order valence-corrected chi connectivity index (χ2v) is 5.61. The third-order valence-corrected chi connectivity index (χ3v) is 3.97. The standard InChI is InChI=1S/C16H25NO2/c1-4-19-10-15(11(2)3)17-14-9-8-13-12(14)6-5-7-16(13)18/h5-7,11,14-15,17-18H,4,8-10H2,1-3H3. The number of benzene rings is 1. The molecule has 106 valence electrons. The summed E-state index contributed by atoms with van der Waals surface area (Å²) in [6.45, 7) is 7.97. The molecular formula is C16H25NO2. The Morgan fingerprint density at radius 2 is 2.21 bits per heavy atom. The van der Waals surface area contributed by atoms with E-state index in [-0.39, 0.29) is 0 Å². The lowest BCUT2D eigenvalue weighted by atomic mass is 10.0. The zero-order valence-electron chi connectivity index (χ0n) is 12.1. The molecule has 1 aliphatic carbocycles. The molecule has 0 saturated heterocycles. The second-order valence-electron chi connectivity index (χ2n) is 5.61. The number of phenols is 1. The van der Waals surface area contributed by atoms with Gasteiger partial charge in [0.05, 0.1) is 6.61 Å². The van der Waals surface area contributed by atoms with E-state index >= 15 is 0 Å². The Bertz CT molecular complexity index is 417. The van der Waals surface area contributed by atoms with Gasteiger partial charge in [0, 0.05) is 18.7 Å². The first-order valence-corrected chi connectivity index (χ1v) is 7.28. The van der Waals surface area contributed by atoms with Crippen molar-refractivity contribution >= 4 is 0 Å². The van der Waals surface area contributed by atoms with Crippen LogP contribution in [0.15, 0.2) is 18.2 Å². The van der Waals surface area contributed by atoms with Gasteiger partial charge in [-0.05, 0) is 42.9 Å². The van der Waals surface area contributed by atoms with Crippen LogP contribution in [0.1, 0.15) is 44.4 Å². The van der Waals surface area contributed by atoms with Crippen LogP contribution in [0.4, 0.5) is 0 Å². The quantitative estimate of drug-likeness (QED) is 0.829. The van der Waals surface area contributed by atoms with Crippen molar-refractivity contribution in [1.82, 2.24) is 5.32 Å². The maximum Gasteiger partial charge on any atom is 0.119 e. The summed E-state index contributed by atoms with van der Waals surface area (Å²) in [7, 11) is 0. The minimum absolute atomic E-state index is 0.343. The maximum atomic E-state index is 9.88. The number of ether oxygens (including phenoxy) is 1. The summed E-state index contributed by atoms with van der Waals surface area (Å²) in [6, 6.07) is 6.54. The molecule has 2 N–H and O–H groups in total. The number of fused-ring (bicyclic) bond motifs is 1. The van der Waals surface area contributed by atoms with Crippen molar-refractivity contribution in [2.24, 2.45) is 5.92 Å². The van der Waals surface area contributed by atoms with E-state index in [0.717, 1.165) is 31.6 Å². The highest BCUT2D eigenvalue weighted by atomic mass is 16.5. The third-order valence-electron chi connectivity index (χ3n) is 3.97. The highest BCUT2D eigenvalue weighted by Gasteiger charge is 2.27. The van der Waals surface area contributed by atoms with Gasteiger partial charge in [-0.1, -0.05) is 26.0 Å². The van der Waals surface area contributed by atoms with E-state index in [9.17, 15) is 5.11 Å². The van der Waals surface area contributed by atoms with E-state index < -0.39 is 0 Å². The molecule has 2 unspecified atom stereocenters. The lowest BCUT2D eigenvalue weighted by molar-refractivity contribution is 0.103. The summed E-state index contributed by atoms with van der Waals surface area (Å²) in [5, 5.41) is 13.6. The van der Waals surface area contributed by atoms with Crippen molar-refractivity contribution in [3.63, 3.8) is 0 Å². The van der Waals surface area contributed by atoms with Gasteiger partial charge in [0.1, 0.15) is 5.75 Å². The van der Waals surface area contributed by atoms with E-state index in [1.54, 1.807) is 6.07 Å². The molecule has 2 rings (SSSR count). The second kappa shape index (κ2) is 6.40. The normalized spacial score (nSPS) is 19.7. The fraction of sp³-hybridized carbons (Fsp3) is 0.625. The van der Waals surface area contributed by atoms with Crippen molar-refractivity contribution in [1.29, 1.82) is 0 Å². The molecular weight excluding hydrogens is 238 g/mol. The first-order valence-electron chi connectivity index (χ1n) is 7.28. The number of nitrogens with one attached hydrogen (secondary N) is 1. The number of hydrogen-bond donors (Lipinski definition) is 2. The largest absolute Gasteiger partial charge is 0.508 e.